The van der Waals surface area contributed by atoms with Crippen LogP contribution in [-0.2, 0) is 17.6 Å². The second kappa shape index (κ2) is 7.41. The molecule has 1 aromatic carbocycles. The highest BCUT2D eigenvalue weighted by molar-refractivity contribution is 5.94. The molecule has 0 bridgehead atoms. The van der Waals surface area contributed by atoms with Gasteiger partial charge in [-0.1, -0.05) is 6.07 Å². The van der Waals surface area contributed by atoms with Crippen LogP contribution < -0.4 is 10.2 Å². The SMILES string of the molecule is C[C@@H](C(=O)Nc1ccc2c(c1)CCC2)N1CCN(c2ncccn2)CC1. The summed E-state index contributed by atoms with van der Waals surface area (Å²) in [5, 5.41) is 3.09. The average molecular weight is 351 g/mol. The lowest BCUT2D eigenvalue weighted by Gasteiger charge is -2.37. The van der Waals surface area contributed by atoms with Crippen LogP contribution >= 0.6 is 0 Å². The van der Waals surface area contributed by atoms with Crippen LogP contribution in [0.25, 0.3) is 0 Å². The minimum absolute atomic E-state index is 0.0624. The van der Waals surface area contributed by atoms with E-state index in [2.05, 4.69) is 37.2 Å². The van der Waals surface area contributed by atoms with Crippen LogP contribution in [0.15, 0.2) is 36.7 Å². The van der Waals surface area contributed by atoms with Gasteiger partial charge in [-0.05, 0) is 55.5 Å². The lowest BCUT2D eigenvalue weighted by molar-refractivity contribution is -0.120. The van der Waals surface area contributed by atoms with Crippen molar-refractivity contribution in [3.8, 4) is 0 Å². The van der Waals surface area contributed by atoms with Gasteiger partial charge in [0.15, 0.2) is 0 Å². The molecule has 1 N–H and O–H groups in total. The molecule has 136 valence electrons. The summed E-state index contributed by atoms with van der Waals surface area (Å²) >= 11 is 0. The number of anilines is 2. The van der Waals surface area contributed by atoms with E-state index in [1.807, 2.05) is 19.1 Å². The van der Waals surface area contributed by atoms with Crippen molar-refractivity contribution in [2.24, 2.45) is 0 Å². The van der Waals surface area contributed by atoms with Gasteiger partial charge in [0, 0.05) is 44.3 Å². The van der Waals surface area contributed by atoms with Gasteiger partial charge in [-0.15, -0.1) is 0 Å². The standard InChI is InChI=1S/C20H25N5O/c1-15(19(26)23-18-7-6-16-4-2-5-17(16)14-18)24-10-12-25(13-11-24)20-21-8-3-9-22-20/h3,6-9,14-15H,2,4-5,10-13H2,1H3,(H,23,26)/t15-/m0/s1. The molecule has 0 radical (unpaired) electrons. The zero-order valence-corrected chi connectivity index (χ0v) is 15.2. The molecule has 1 aromatic heterocycles. The molecular weight excluding hydrogens is 326 g/mol. The third-order valence-corrected chi connectivity index (χ3v) is 5.44. The molecule has 2 aliphatic rings. The van der Waals surface area contributed by atoms with E-state index < -0.39 is 0 Å². The lowest BCUT2D eigenvalue weighted by Crippen LogP contribution is -2.53. The first-order valence-electron chi connectivity index (χ1n) is 9.39. The Labute approximate surface area is 154 Å². The van der Waals surface area contributed by atoms with E-state index in [9.17, 15) is 4.79 Å². The Morgan fingerprint density at radius 3 is 2.58 bits per heavy atom. The van der Waals surface area contributed by atoms with Crippen LogP contribution in [0.2, 0.25) is 0 Å². The molecule has 1 aliphatic heterocycles. The summed E-state index contributed by atoms with van der Waals surface area (Å²) in [5.74, 6) is 0.828. The highest BCUT2D eigenvalue weighted by Gasteiger charge is 2.26. The van der Waals surface area contributed by atoms with Crippen LogP contribution in [0, 0.1) is 0 Å². The topological polar surface area (TPSA) is 61.4 Å². The zero-order chi connectivity index (χ0) is 17.9. The van der Waals surface area contributed by atoms with Crippen molar-refractivity contribution in [2.75, 3.05) is 36.4 Å². The fraction of sp³-hybridized carbons (Fsp3) is 0.450. The van der Waals surface area contributed by atoms with Gasteiger partial charge in [0.25, 0.3) is 0 Å². The Bertz CT molecular complexity index is 771. The van der Waals surface area contributed by atoms with Crippen LogP contribution in [0.1, 0.15) is 24.5 Å². The van der Waals surface area contributed by atoms with Gasteiger partial charge in [-0.25, -0.2) is 9.97 Å². The number of nitrogens with one attached hydrogen (secondary N) is 1. The predicted octanol–water partition coefficient (Wildman–Crippen LogP) is 2.11. The number of carbonyl (C=O) groups is 1. The molecule has 1 aliphatic carbocycles. The third kappa shape index (κ3) is 3.55. The number of aromatic nitrogens is 2. The first-order chi connectivity index (χ1) is 12.7. The maximum atomic E-state index is 12.7. The van der Waals surface area contributed by atoms with Gasteiger partial charge in [-0.3, -0.25) is 9.69 Å². The summed E-state index contributed by atoms with van der Waals surface area (Å²) in [7, 11) is 0. The molecule has 6 heteroatoms. The maximum absolute atomic E-state index is 12.7. The fourth-order valence-electron chi connectivity index (χ4n) is 3.83. The molecule has 0 spiro atoms. The number of hydrogen-bond donors (Lipinski definition) is 1. The van der Waals surface area contributed by atoms with Crippen molar-refractivity contribution in [1.82, 2.24) is 14.9 Å². The van der Waals surface area contributed by atoms with Crippen LogP contribution in [-0.4, -0.2) is 53.0 Å². The van der Waals surface area contributed by atoms with E-state index in [-0.39, 0.29) is 11.9 Å². The number of piperazine rings is 1. The van der Waals surface area contributed by atoms with Crippen molar-refractivity contribution < 1.29 is 4.79 Å². The number of fused-ring (bicyclic) bond motifs is 1. The molecule has 1 saturated heterocycles. The molecule has 0 unspecified atom stereocenters. The Balaban J connectivity index is 1.33. The van der Waals surface area contributed by atoms with Gasteiger partial charge in [0.05, 0.1) is 6.04 Å². The molecule has 4 rings (SSSR count). The zero-order valence-electron chi connectivity index (χ0n) is 15.2. The van der Waals surface area contributed by atoms with Crippen LogP contribution in [0.3, 0.4) is 0 Å². The smallest absolute Gasteiger partial charge is 0.241 e. The monoisotopic (exact) mass is 351 g/mol. The molecule has 1 amide bonds. The summed E-state index contributed by atoms with van der Waals surface area (Å²) in [6.07, 6.45) is 7.04. The van der Waals surface area contributed by atoms with Crippen molar-refractivity contribution in [3.63, 3.8) is 0 Å². The van der Waals surface area contributed by atoms with Crippen LogP contribution in [0.4, 0.5) is 11.6 Å². The molecule has 2 heterocycles. The Morgan fingerprint density at radius 2 is 1.81 bits per heavy atom. The fourth-order valence-corrected chi connectivity index (χ4v) is 3.83. The van der Waals surface area contributed by atoms with E-state index in [0.717, 1.165) is 50.7 Å². The van der Waals surface area contributed by atoms with Gasteiger partial charge >= 0.3 is 0 Å². The molecule has 2 aromatic rings. The van der Waals surface area contributed by atoms with E-state index in [1.54, 1.807) is 12.4 Å². The Kier molecular flexibility index (Phi) is 4.84. The van der Waals surface area contributed by atoms with Crippen molar-refractivity contribution in [1.29, 1.82) is 0 Å². The van der Waals surface area contributed by atoms with Gasteiger partial charge in [0.2, 0.25) is 11.9 Å². The van der Waals surface area contributed by atoms with Crippen LogP contribution in [0.5, 0.6) is 0 Å². The molecule has 1 fully saturated rings. The Morgan fingerprint density at radius 1 is 1.08 bits per heavy atom. The third-order valence-electron chi connectivity index (χ3n) is 5.44. The second-order valence-electron chi connectivity index (χ2n) is 7.07. The number of hydrogen-bond acceptors (Lipinski definition) is 5. The first kappa shape index (κ1) is 17.0. The van der Waals surface area contributed by atoms with Gasteiger partial charge in [0.1, 0.15) is 0 Å². The largest absolute Gasteiger partial charge is 0.338 e. The summed E-state index contributed by atoms with van der Waals surface area (Å²) in [6, 6.07) is 7.99. The number of amides is 1. The number of benzene rings is 1. The van der Waals surface area contributed by atoms with Gasteiger partial charge in [-0.2, -0.15) is 0 Å². The molecule has 26 heavy (non-hydrogen) atoms. The van der Waals surface area contributed by atoms with E-state index in [1.165, 1.54) is 17.5 Å². The predicted molar refractivity (Wildman–Crippen MR) is 102 cm³/mol. The quantitative estimate of drug-likeness (QED) is 0.914. The first-order valence-corrected chi connectivity index (χ1v) is 9.39. The number of rotatable bonds is 4. The van der Waals surface area contributed by atoms with E-state index >= 15 is 0 Å². The molecule has 0 saturated carbocycles. The van der Waals surface area contributed by atoms with E-state index in [4.69, 9.17) is 0 Å². The summed E-state index contributed by atoms with van der Waals surface area (Å²) in [6.45, 7) is 5.31. The van der Waals surface area contributed by atoms with E-state index in [0.29, 0.717) is 0 Å². The Hall–Kier alpha value is -2.47. The minimum Gasteiger partial charge on any atom is -0.338 e. The number of aryl methyl sites for hydroxylation is 2. The molecule has 6 nitrogen and oxygen atoms in total. The average Bonchev–Trinajstić information content (AvgIpc) is 3.16. The summed E-state index contributed by atoms with van der Waals surface area (Å²) in [4.78, 5) is 25.7. The molecule has 1 atom stereocenters. The van der Waals surface area contributed by atoms with Gasteiger partial charge < -0.3 is 10.2 Å². The van der Waals surface area contributed by atoms with Crippen molar-refractivity contribution in [2.45, 2.75) is 32.2 Å². The highest BCUT2D eigenvalue weighted by atomic mass is 16.2. The normalized spacial score (nSPS) is 18.4. The number of carbonyl (C=O) groups excluding carboxylic acids is 1. The van der Waals surface area contributed by atoms with Crippen molar-refractivity contribution >= 4 is 17.5 Å². The maximum Gasteiger partial charge on any atom is 0.241 e. The highest BCUT2D eigenvalue weighted by Crippen LogP contribution is 2.25. The summed E-state index contributed by atoms with van der Waals surface area (Å²) < 4.78 is 0. The van der Waals surface area contributed by atoms with Crippen molar-refractivity contribution in [3.05, 3.63) is 47.8 Å². The second-order valence-corrected chi connectivity index (χ2v) is 7.07. The number of nitrogens with zero attached hydrogens (tertiary/aromatic N) is 4. The lowest BCUT2D eigenvalue weighted by atomic mass is 10.1. The molecular formula is C20H25N5O. The minimum atomic E-state index is -0.151. The summed E-state index contributed by atoms with van der Waals surface area (Å²) in [5.41, 5.74) is 3.72.